The summed E-state index contributed by atoms with van der Waals surface area (Å²) in [6.07, 6.45) is -0.367. The van der Waals surface area contributed by atoms with Crippen LogP contribution in [0.2, 0.25) is 0 Å². The molecule has 11 rings (SSSR count). The Labute approximate surface area is 392 Å². The van der Waals surface area contributed by atoms with E-state index in [4.69, 9.17) is 9.47 Å². The Morgan fingerprint density at radius 1 is 0.529 bits per heavy atom. The number of benzene rings is 10. The van der Waals surface area contributed by atoms with Crippen molar-refractivity contribution in [2.45, 2.75) is 57.0 Å². The van der Waals surface area contributed by atoms with Crippen LogP contribution in [0.25, 0.3) is 98.0 Å². The van der Waals surface area contributed by atoms with Gasteiger partial charge in [-0.15, -0.1) is 0 Å². The first kappa shape index (κ1) is 43.1. The maximum absolute atomic E-state index is 13.3. The van der Waals surface area contributed by atoms with Gasteiger partial charge < -0.3 is 9.47 Å². The van der Waals surface area contributed by atoms with E-state index < -0.39 is 30.0 Å². The zero-order valence-electron chi connectivity index (χ0n) is 37.7. The lowest BCUT2D eigenvalue weighted by molar-refractivity contribution is -0.138. The van der Waals surface area contributed by atoms with Gasteiger partial charge in [0, 0.05) is 24.0 Å². The quantitative estimate of drug-likeness (QED) is 0.0472. The molecule has 336 valence electrons. The number of rotatable bonds is 14. The SMILES string of the molecule is C=CC(=O)OCCCC1(CCCOC(=O)C=C)c2cc(-c3ccc4ccc5cc(C)cc6ccc3c4c56)ccc2-c2ccc(-c3ccc4ccc5cc(CCC(F)(F)F)cc6ccc3c4c56)cc21. The molecule has 4 nitrogen and oxygen atoms in total. The smallest absolute Gasteiger partial charge is 0.389 e. The first-order valence-corrected chi connectivity index (χ1v) is 23.3. The Balaban J connectivity index is 1.07. The van der Waals surface area contributed by atoms with Crippen molar-refractivity contribution in [2.75, 3.05) is 13.2 Å². The van der Waals surface area contributed by atoms with Gasteiger partial charge in [-0.2, -0.15) is 13.2 Å². The molecule has 0 fully saturated rings. The van der Waals surface area contributed by atoms with Gasteiger partial charge in [0.25, 0.3) is 0 Å². The highest BCUT2D eigenvalue weighted by Gasteiger charge is 2.43. The van der Waals surface area contributed by atoms with Gasteiger partial charge in [-0.1, -0.05) is 134 Å². The average Bonchev–Trinajstić information content (AvgIpc) is 3.61. The Morgan fingerprint density at radius 3 is 1.40 bits per heavy atom. The number of esters is 2. The van der Waals surface area contributed by atoms with E-state index >= 15 is 0 Å². The molecule has 7 heteroatoms. The number of aryl methyl sites for hydroxylation is 2. The average molecular weight is 901 g/mol. The van der Waals surface area contributed by atoms with Crippen LogP contribution in [0.15, 0.2) is 159 Å². The molecule has 0 saturated heterocycles. The molecule has 0 amide bonds. The number of carbonyl (C=O) groups is 2. The molecule has 0 heterocycles. The van der Waals surface area contributed by atoms with Gasteiger partial charge in [0.2, 0.25) is 0 Å². The number of hydrogen-bond acceptors (Lipinski definition) is 4. The summed E-state index contributed by atoms with van der Waals surface area (Å²) in [7, 11) is 0. The van der Waals surface area contributed by atoms with Crippen molar-refractivity contribution < 1.29 is 32.2 Å². The minimum Gasteiger partial charge on any atom is -0.463 e. The van der Waals surface area contributed by atoms with Gasteiger partial charge in [-0.3, -0.25) is 0 Å². The maximum Gasteiger partial charge on any atom is 0.389 e. The predicted molar refractivity (Wildman–Crippen MR) is 271 cm³/mol. The summed E-state index contributed by atoms with van der Waals surface area (Å²) in [6.45, 7) is 9.76. The summed E-state index contributed by atoms with van der Waals surface area (Å²) in [6, 6.07) is 47.8. The largest absolute Gasteiger partial charge is 0.463 e. The standard InChI is InChI=1S/C61H47F3O4/c1-4-54(65)67-28-6-25-60(26-7-29-68-55(66)5-2)52-34-40(46-18-12-38-8-10-42-30-36(3)31-43-16-22-50(46)58(38)56(42)43)14-20-48(52)49-21-15-41(35-53(49)60)47-19-13-39-9-11-44-32-37(24-27-61(62,63)64)33-45-17-23-51(47)59(39)57(44)45/h4-5,8-23,30-35H,1-2,6-7,24-29H2,3H3. The van der Waals surface area contributed by atoms with Crippen LogP contribution in [-0.2, 0) is 30.9 Å². The molecule has 1 aliphatic carbocycles. The van der Waals surface area contributed by atoms with Crippen molar-refractivity contribution in [3.05, 3.63) is 181 Å². The van der Waals surface area contributed by atoms with E-state index in [1.807, 2.05) is 24.3 Å². The van der Waals surface area contributed by atoms with Crippen LogP contribution in [0.4, 0.5) is 13.2 Å². The van der Waals surface area contributed by atoms with Gasteiger partial charge in [-0.05, 0) is 171 Å². The first-order chi connectivity index (χ1) is 32.9. The summed E-state index contributed by atoms with van der Waals surface area (Å²) >= 11 is 0. The fourth-order valence-electron chi connectivity index (χ4n) is 11.5. The van der Waals surface area contributed by atoms with E-state index in [-0.39, 0.29) is 19.6 Å². The summed E-state index contributed by atoms with van der Waals surface area (Å²) < 4.78 is 51.0. The van der Waals surface area contributed by atoms with E-state index in [9.17, 15) is 22.8 Å². The van der Waals surface area contributed by atoms with Crippen LogP contribution < -0.4 is 0 Å². The third-order valence-corrected chi connectivity index (χ3v) is 14.4. The van der Waals surface area contributed by atoms with Crippen LogP contribution in [0.5, 0.6) is 0 Å². The van der Waals surface area contributed by atoms with E-state index in [0.29, 0.717) is 31.2 Å². The summed E-state index contributed by atoms with van der Waals surface area (Å²) in [4.78, 5) is 24.6. The molecule has 0 aliphatic heterocycles. The molecule has 0 radical (unpaired) electrons. The van der Waals surface area contributed by atoms with Gasteiger partial charge in [0.1, 0.15) is 0 Å². The normalized spacial score (nSPS) is 13.2. The zero-order chi connectivity index (χ0) is 46.9. The molecular weight excluding hydrogens is 854 g/mol. The number of fused-ring (bicyclic) bond motifs is 3. The highest BCUT2D eigenvalue weighted by atomic mass is 19.4. The third-order valence-electron chi connectivity index (χ3n) is 14.4. The monoisotopic (exact) mass is 900 g/mol. The van der Waals surface area contributed by atoms with Crippen LogP contribution in [0.1, 0.15) is 54.4 Å². The molecule has 0 aromatic heterocycles. The molecular formula is C61H47F3O4. The number of alkyl halides is 3. The molecule has 0 saturated carbocycles. The minimum atomic E-state index is -4.23. The second-order valence-electron chi connectivity index (χ2n) is 18.5. The molecule has 0 bridgehead atoms. The topological polar surface area (TPSA) is 52.6 Å². The highest BCUT2D eigenvalue weighted by molar-refractivity contribution is 6.27. The Morgan fingerprint density at radius 2 is 0.941 bits per heavy atom. The van der Waals surface area contributed by atoms with Gasteiger partial charge in [0.05, 0.1) is 13.2 Å². The van der Waals surface area contributed by atoms with Crippen molar-refractivity contribution in [3.63, 3.8) is 0 Å². The molecule has 0 N–H and O–H groups in total. The van der Waals surface area contributed by atoms with E-state index in [1.54, 1.807) is 0 Å². The Bertz CT molecular complexity index is 3610. The van der Waals surface area contributed by atoms with E-state index in [2.05, 4.69) is 129 Å². The Hall–Kier alpha value is -7.51. The molecule has 10 aromatic rings. The van der Waals surface area contributed by atoms with Crippen molar-refractivity contribution in [2.24, 2.45) is 0 Å². The van der Waals surface area contributed by atoms with Crippen LogP contribution in [-0.4, -0.2) is 31.3 Å². The number of ether oxygens (including phenoxy) is 2. The molecule has 0 unspecified atom stereocenters. The number of halogens is 3. The summed E-state index contributed by atoms with van der Waals surface area (Å²) in [5.74, 6) is -0.939. The first-order valence-electron chi connectivity index (χ1n) is 23.3. The minimum absolute atomic E-state index is 0.0718. The second kappa shape index (κ2) is 16.7. The van der Waals surface area contributed by atoms with Gasteiger partial charge >= 0.3 is 18.1 Å². The highest BCUT2D eigenvalue weighted by Crippen LogP contribution is 2.56. The van der Waals surface area contributed by atoms with Crippen molar-refractivity contribution in [1.29, 1.82) is 0 Å². The second-order valence-corrected chi connectivity index (χ2v) is 18.5. The fraction of sp³-hybridized carbons (Fsp3) is 0.180. The van der Waals surface area contributed by atoms with Crippen LogP contribution in [0.3, 0.4) is 0 Å². The van der Waals surface area contributed by atoms with E-state index in [0.717, 1.165) is 71.3 Å². The number of carbonyl (C=O) groups excluding carboxylic acids is 2. The lowest BCUT2D eigenvalue weighted by atomic mass is 9.70. The zero-order valence-corrected chi connectivity index (χ0v) is 37.7. The van der Waals surface area contributed by atoms with Gasteiger partial charge in [-0.25, -0.2) is 9.59 Å². The van der Waals surface area contributed by atoms with Crippen LogP contribution in [0, 0.1) is 6.92 Å². The molecule has 0 spiro atoms. The van der Waals surface area contributed by atoms with Gasteiger partial charge in [0.15, 0.2) is 0 Å². The fourth-order valence-corrected chi connectivity index (χ4v) is 11.5. The van der Waals surface area contributed by atoms with Crippen LogP contribution >= 0.6 is 0 Å². The summed E-state index contributed by atoms with van der Waals surface area (Å²) in [5, 5.41) is 13.4. The molecule has 0 atom stereocenters. The van der Waals surface area contributed by atoms with E-state index in [1.165, 1.54) is 55.6 Å². The lowest BCUT2D eigenvalue weighted by Gasteiger charge is -2.33. The van der Waals surface area contributed by atoms with Crippen molar-refractivity contribution in [3.8, 4) is 33.4 Å². The molecule has 68 heavy (non-hydrogen) atoms. The Kier molecular flexibility index (Phi) is 10.6. The lowest BCUT2D eigenvalue weighted by Crippen LogP contribution is -2.27. The van der Waals surface area contributed by atoms with Crippen molar-refractivity contribution in [1.82, 2.24) is 0 Å². The number of hydrogen-bond donors (Lipinski definition) is 0. The predicted octanol–water partition coefficient (Wildman–Crippen LogP) is 15.9. The third kappa shape index (κ3) is 7.32. The molecule has 10 aromatic carbocycles. The molecule has 1 aliphatic rings. The van der Waals surface area contributed by atoms with Crippen molar-refractivity contribution >= 4 is 76.6 Å². The summed E-state index contributed by atoms with van der Waals surface area (Å²) in [5.41, 5.74) is 10.2. The maximum atomic E-state index is 13.3.